The number of fused-ring (bicyclic) bond motifs is 1. The van der Waals surface area contributed by atoms with Crippen molar-refractivity contribution < 1.29 is 4.42 Å². The first-order valence-electron chi connectivity index (χ1n) is 7.25. The van der Waals surface area contributed by atoms with Crippen molar-refractivity contribution in [1.29, 1.82) is 0 Å². The summed E-state index contributed by atoms with van der Waals surface area (Å²) in [6.45, 7) is 1.13. The van der Waals surface area contributed by atoms with Gasteiger partial charge in [0.05, 0.1) is 30.4 Å². The molecule has 23 heavy (non-hydrogen) atoms. The van der Waals surface area contributed by atoms with Gasteiger partial charge in [0.1, 0.15) is 11.6 Å². The van der Waals surface area contributed by atoms with E-state index in [0.29, 0.717) is 24.1 Å². The minimum atomic E-state index is 0.556. The molecule has 2 heterocycles. The van der Waals surface area contributed by atoms with Crippen LogP contribution in [0.25, 0.3) is 11.0 Å². The Morgan fingerprint density at radius 3 is 2.87 bits per heavy atom. The Hall–Kier alpha value is -2.47. The molecule has 0 aliphatic rings. The number of aromatic nitrogens is 2. The fraction of sp³-hybridized carbons (Fsp3) is 0.250. The van der Waals surface area contributed by atoms with Crippen molar-refractivity contribution in [2.45, 2.75) is 13.1 Å². The molecule has 3 rings (SSSR count). The third-order valence-electron chi connectivity index (χ3n) is 3.58. The number of guanidine groups is 1. The van der Waals surface area contributed by atoms with Crippen LogP contribution < -0.4 is 10.6 Å². The maximum atomic E-state index is 6.02. The summed E-state index contributed by atoms with van der Waals surface area (Å²) < 4.78 is 7.33. The van der Waals surface area contributed by atoms with Gasteiger partial charge < -0.3 is 19.6 Å². The second kappa shape index (κ2) is 6.75. The highest BCUT2D eigenvalue weighted by Gasteiger charge is 2.09. The summed E-state index contributed by atoms with van der Waals surface area (Å²) in [4.78, 5) is 8.80. The third kappa shape index (κ3) is 3.48. The van der Waals surface area contributed by atoms with Crippen LogP contribution in [0, 0.1) is 0 Å². The standard InChI is InChI=1S/C16H18ClN5O/c1-18-16(19-9-12-4-3-7-23-12)20-10-15-21-13-8-11(17)5-6-14(13)22(15)2/h3-8H,9-10H2,1-2H3,(H2,18,19,20). The van der Waals surface area contributed by atoms with E-state index >= 15 is 0 Å². The van der Waals surface area contributed by atoms with Crippen LogP contribution in [0.5, 0.6) is 0 Å². The Morgan fingerprint density at radius 2 is 2.13 bits per heavy atom. The number of aliphatic imine (C=N–C) groups is 1. The smallest absolute Gasteiger partial charge is 0.191 e. The zero-order chi connectivity index (χ0) is 16.2. The molecule has 0 amide bonds. The number of aryl methyl sites for hydroxylation is 1. The Balaban J connectivity index is 1.65. The van der Waals surface area contributed by atoms with Crippen LogP contribution in [0.4, 0.5) is 0 Å². The Morgan fingerprint density at radius 1 is 1.30 bits per heavy atom. The van der Waals surface area contributed by atoms with Crippen molar-refractivity contribution >= 4 is 28.6 Å². The van der Waals surface area contributed by atoms with Gasteiger partial charge in [-0.2, -0.15) is 0 Å². The summed E-state index contributed by atoms with van der Waals surface area (Å²) in [5, 5.41) is 7.12. The summed E-state index contributed by atoms with van der Waals surface area (Å²) in [5.41, 5.74) is 1.93. The quantitative estimate of drug-likeness (QED) is 0.570. The number of hydrogen-bond acceptors (Lipinski definition) is 3. The summed E-state index contributed by atoms with van der Waals surface area (Å²) in [5.74, 6) is 2.44. The highest BCUT2D eigenvalue weighted by molar-refractivity contribution is 6.31. The molecule has 6 nitrogen and oxygen atoms in total. The molecular formula is C16H18ClN5O. The van der Waals surface area contributed by atoms with Crippen LogP contribution in [0.1, 0.15) is 11.6 Å². The van der Waals surface area contributed by atoms with E-state index in [2.05, 4.69) is 20.6 Å². The number of benzene rings is 1. The molecule has 2 aromatic heterocycles. The van der Waals surface area contributed by atoms with Crippen LogP contribution in [-0.2, 0) is 20.1 Å². The van der Waals surface area contributed by atoms with Crippen molar-refractivity contribution in [2.75, 3.05) is 7.05 Å². The van der Waals surface area contributed by atoms with Crippen molar-refractivity contribution in [3.05, 3.63) is 53.2 Å². The normalized spacial score (nSPS) is 11.9. The Bertz CT molecular complexity index is 822. The molecule has 7 heteroatoms. The van der Waals surface area contributed by atoms with E-state index in [-0.39, 0.29) is 0 Å². The first-order valence-corrected chi connectivity index (χ1v) is 7.63. The SMILES string of the molecule is CN=C(NCc1ccco1)NCc1nc2cc(Cl)ccc2n1C. The molecule has 0 bridgehead atoms. The minimum absolute atomic E-state index is 0.556. The highest BCUT2D eigenvalue weighted by Crippen LogP contribution is 2.19. The van der Waals surface area contributed by atoms with Gasteiger partial charge in [-0.1, -0.05) is 11.6 Å². The minimum Gasteiger partial charge on any atom is -0.467 e. The monoisotopic (exact) mass is 331 g/mol. The van der Waals surface area contributed by atoms with E-state index in [4.69, 9.17) is 16.0 Å². The lowest BCUT2D eigenvalue weighted by Crippen LogP contribution is -2.36. The molecule has 1 aromatic carbocycles. The maximum Gasteiger partial charge on any atom is 0.191 e. The number of hydrogen-bond donors (Lipinski definition) is 2. The fourth-order valence-electron chi connectivity index (χ4n) is 2.35. The molecule has 2 N–H and O–H groups in total. The number of furan rings is 1. The topological polar surface area (TPSA) is 67.4 Å². The molecule has 0 saturated carbocycles. The predicted octanol–water partition coefficient (Wildman–Crippen LogP) is 2.68. The molecular weight excluding hydrogens is 314 g/mol. The number of nitrogens with zero attached hydrogens (tertiary/aromatic N) is 3. The van der Waals surface area contributed by atoms with E-state index in [1.165, 1.54) is 0 Å². The number of nitrogens with one attached hydrogen (secondary N) is 2. The number of rotatable bonds is 4. The van der Waals surface area contributed by atoms with Crippen molar-refractivity contribution in [2.24, 2.45) is 12.0 Å². The lowest BCUT2D eigenvalue weighted by molar-refractivity contribution is 0.501. The Labute approximate surface area is 139 Å². The molecule has 0 unspecified atom stereocenters. The number of imidazole rings is 1. The molecule has 0 atom stereocenters. The first kappa shape index (κ1) is 15.4. The Kier molecular flexibility index (Phi) is 4.52. The van der Waals surface area contributed by atoms with Crippen molar-refractivity contribution in [1.82, 2.24) is 20.2 Å². The van der Waals surface area contributed by atoms with Gasteiger partial charge >= 0.3 is 0 Å². The van der Waals surface area contributed by atoms with E-state index < -0.39 is 0 Å². The molecule has 0 fully saturated rings. The fourth-order valence-corrected chi connectivity index (χ4v) is 2.51. The van der Waals surface area contributed by atoms with Gasteiger partial charge in [-0.25, -0.2) is 4.98 Å². The highest BCUT2D eigenvalue weighted by atomic mass is 35.5. The molecule has 0 radical (unpaired) electrons. The zero-order valence-corrected chi connectivity index (χ0v) is 13.8. The van der Waals surface area contributed by atoms with E-state index in [1.54, 1.807) is 13.3 Å². The molecule has 0 aliphatic carbocycles. The van der Waals surface area contributed by atoms with E-state index in [1.807, 2.05) is 41.9 Å². The summed E-state index contributed by atoms with van der Waals surface area (Å²) in [7, 11) is 3.71. The maximum absolute atomic E-state index is 6.02. The number of halogens is 1. The largest absolute Gasteiger partial charge is 0.467 e. The van der Waals surface area contributed by atoms with Gasteiger partial charge in [-0.15, -0.1) is 0 Å². The van der Waals surface area contributed by atoms with Crippen molar-refractivity contribution in [3.63, 3.8) is 0 Å². The first-order chi connectivity index (χ1) is 11.2. The van der Waals surface area contributed by atoms with E-state index in [0.717, 1.165) is 22.6 Å². The predicted molar refractivity (Wildman–Crippen MR) is 91.5 cm³/mol. The van der Waals surface area contributed by atoms with Crippen LogP contribution >= 0.6 is 11.6 Å². The lowest BCUT2D eigenvalue weighted by atomic mass is 10.3. The van der Waals surface area contributed by atoms with Gasteiger partial charge in [0.15, 0.2) is 5.96 Å². The molecule has 120 valence electrons. The molecule has 0 saturated heterocycles. The average molecular weight is 332 g/mol. The van der Waals surface area contributed by atoms with Crippen LogP contribution in [-0.4, -0.2) is 22.6 Å². The lowest BCUT2D eigenvalue weighted by Gasteiger charge is -2.10. The molecule has 0 aliphatic heterocycles. The summed E-state index contributed by atoms with van der Waals surface area (Å²) >= 11 is 6.02. The van der Waals surface area contributed by atoms with Gasteiger partial charge in [-0.3, -0.25) is 4.99 Å². The van der Waals surface area contributed by atoms with Gasteiger partial charge in [-0.05, 0) is 30.3 Å². The van der Waals surface area contributed by atoms with E-state index in [9.17, 15) is 0 Å². The average Bonchev–Trinajstić information content (AvgIpc) is 3.16. The van der Waals surface area contributed by atoms with Crippen LogP contribution in [0.2, 0.25) is 5.02 Å². The van der Waals surface area contributed by atoms with Gasteiger partial charge in [0, 0.05) is 19.1 Å². The van der Waals surface area contributed by atoms with Gasteiger partial charge in [0.25, 0.3) is 0 Å². The third-order valence-corrected chi connectivity index (χ3v) is 3.82. The van der Waals surface area contributed by atoms with Gasteiger partial charge in [0.2, 0.25) is 0 Å². The summed E-state index contributed by atoms with van der Waals surface area (Å²) in [6, 6.07) is 9.47. The second-order valence-corrected chi connectivity index (χ2v) is 5.52. The zero-order valence-electron chi connectivity index (χ0n) is 13.0. The van der Waals surface area contributed by atoms with Crippen LogP contribution in [0.3, 0.4) is 0 Å². The van der Waals surface area contributed by atoms with Crippen LogP contribution in [0.15, 0.2) is 46.0 Å². The molecule has 3 aromatic rings. The second-order valence-electron chi connectivity index (χ2n) is 5.08. The summed E-state index contributed by atoms with van der Waals surface area (Å²) in [6.07, 6.45) is 1.65. The molecule has 0 spiro atoms. The van der Waals surface area contributed by atoms with Crippen molar-refractivity contribution in [3.8, 4) is 0 Å².